The van der Waals surface area contributed by atoms with Crippen molar-refractivity contribution >= 4 is 51.7 Å². The van der Waals surface area contributed by atoms with E-state index in [2.05, 4.69) is 31.9 Å². The molecule has 9 heteroatoms. The summed E-state index contributed by atoms with van der Waals surface area (Å²) in [5, 5.41) is 0. The minimum absolute atomic E-state index is 0.0414. The van der Waals surface area contributed by atoms with Crippen LogP contribution in [0, 0.1) is 0 Å². The number of sulfone groups is 1. The topological polar surface area (TPSA) is 71.5 Å². The van der Waals surface area contributed by atoms with E-state index in [1.807, 2.05) is 13.8 Å². The van der Waals surface area contributed by atoms with Crippen LogP contribution < -0.4 is 0 Å². The number of sulfonamides is 1. The second-order valence-electron chi connectivity index (χ2n) is 5.72. The highest BCUT2D eigenvalue weighted by Gasteiger charge is 2.41. The molecule has 1 aromatic rings. The van der Waals surface area contributed by atoms with Crippen molar-refractivity contribution in [3.8, 4) is 0 Å². The summed E-state index contributed by atoms with van der Waals surface area (Å²) in [4.78, 5) is 0.150. The summed E-state index contributed by atoms with van der Waals surface area (Å²) < 4.78 is 52.5. The van der Waals surface area contributed by atoms with E-state index in [0.29, 0.717) is 21.8 Å². The van der Waals surface area contributed by atoms with Crippen molar-refractivity contribution in [3.05, 3.63) is 27.1 Å². The number of hydrogen-bond acceptors (Lipinski definition) is 4. The van der Waals surface area contributed by atoms with Gasteiger partial charge in [0.15, 0.2) is 9.84 Å². The molecule has 5 nitrogen and oxygen atoms in total. The maximum absolute atomic E-state index is 13.2. The van der Waals surface area contributed by atoms with Gasteiger partial charge >= 0.3 is 0 Å². The van der Waals surface area contributed by atoms with E-state index in [0.717, 1.165) is 0 Å². The molecule has 130 valence electrons. The molecule has 1 fully saturated rings. The minimum Gasteiger partial charge on any atom is -0.229 e. The lowest BCUT2D eigenvalue weighted by Gasteiger charge is -2.32. The van der Waals surface area contributed by atoms with Crippen LogP contribution in [0.25, 0.3) is 0 Å². The van der Waals surface area contributed by atoms with Crippen LogP contribution >= 0.6 is 31.9 Å². The third-order valence-electron chi connectivity index (χ3n) is 4.04. The molecule has 0 radical (unpaired) electrons. The third-order valence-corrected chi connectivity index (χ3v) is 9.35. The van der Waals surface area contributed by atoms with Gasteiger partial charge in [-0.25, -0.2) is 16.8 Å². The summed E-state index contributed by atoms with van der Waals surface area (Å²) in [6.07, 6.45) is 0.957. The predicted octanol–water partition coefficient (Wildman–Crippen LogP) is 3.19. The Morgan fingerprint density at radius 1 is 1.35 bits per heavy atom. The summed E-state index contributed by atoms with van der Waals surface area (Å²) in [6, 6.07) is 4.17. The normalized spacial score (nSPS) is 22.4. The van der Waals surface area contributed by atoms with Crippen molar-refractivity contribution in [2.24, 2.45) is 0 Å². The monoisotopic (exact) mass is 487 g/mol. The summed E-state index contributed by atoms with van der Waals surface area (Å²) in [5.74, 6) is -0.0675. The molecule has 2 atom stereocenters. The Morgan fingerprint density at radius 2 is 2.00 bits per heavy atom. The first-order valence-corrected chi connectivity index (χ1v) is 12.1. The molecule has 1 aliphatic heterocycles. The van der Waals surface area contributed by atoms with Crippen LogP contribution in [-0.2, 0) is 19.9 Å². The van der Waals surface area contributed by atoms with Crippen molar-refractivity contribution in [2.45, 2.75) is 43.7 Å². The average molecular weight is 489 g/mol. The molecule has 1 heterocycles. The Morgan fingerprint density at radius 3 is 2.52 bits per heavy atom. The maximum Gasteiger partial charge on any atom is 0.244 e. The lowest BCUT2D eigenvalue weighted by molar-refractivity contribution is 0.271. The summed E-state index contributed by atoms with van der Waals surface area (Å²) >= 11 is 6.59. The molecule has 0 bridgehead atoms. The first-order valence-electron chi connectivity index (χ1n) is 7.27. The fraction of sp³-hybridized carbons (Fsp3) is 0.571. The van der Waals surface area contributed by atoms with E-state index in [1.165, 1.54) is 10.4 Å². The quantitative estimate of drug-likeness (QED) is 0.638. The molecule has 23 heavy (non-hydrogen) atoms. The maximum atomic E-state index is 13.2. The molecule has 2 rings (SSSR count). The zero-order valence-corrected chi connectivity index (χ0v) is 17.7. The number of rotatable bonds is 5. The number of halogens is 2. The molecule has 1 aliphatic rings. The van der Waals surface area contributed by atoms with Crippen molar-refractivity contribution in [1.29, 1.82) is 0 Å². The Hall–Kier alpha value is 0.0400. The first-order chi connectivity index (χ1) is 10.6. The zero-order valence-electron chi connectivity index (χ0n) is 12.9. The van der Waals surface area contributed by atoms with E-state index in [9.17, 15) is 16.8 Å². The van der Waals surface area contributed by atoms with Gasteiger partial charge in [-0.05, 0) is 53.9 Å². The van der Waals surface area contributed by atoms with Crippen molar-refractivity contribution < 1.29 is 16.8 Å². The highest BCUT2D eigenvalue weighted by molar-refractivity contribution is 9.11. The number of nitrogens with zero attached hydrogens (tertiary/aromatic N) is 1. The van der Waals surface area contributed by atoms with E-state index in [4.69, 9.17) is 0 Å². The molecule has 0 aromatic heterocycles. The van der Waals surface area contributed by atoms with E-state index >= 15 is 0 Å². The van der Waals surface area contributed by atoms with Crippen LogP contribution in [0.1, 0.15) is 26.7 Å². The van der Waals surface area contributed by atoms with Crippen molar-refractivity contribution in [3.63, 3.8) is 0 Å². The summed E-state index contributed by atoms with van der Waals surface area (Å²) in [6.45, 7) is 3.71. The average Bonchev–Trinajstić information content (AvgIpc) is 2.80. The largest absolute Gasteiger partial charge is 0.244 e. The molecule has 0 spiro atoms. The van der Waals surface area contributed by atoms with Gasteiger partial charge in [-0.1, -0.05) is 22.9 Å². The van der Waals surface area contributed by atoms with E-state index in [1.54, 1.807) is 12.1 Å². The highest BCUT2D eigenvalue weighted by Crippen LogP contribution is 2.33. The van der Waals surface area contributed by atoms with Crippen LogP contribution in [0.2, 0.25) is 0 Å². The van der Waals surface area contributed by atoms with Crippen molar-refractivity contribution in [1.82, 2.24) is 4.31 Å². The Balaban J connectivity index is 2.52. The fourth-order valence-electron chi connectivity index (χ4n) is 2.74. The minimum atomic E-state index is -3.81. The van der Waals surface area contributed by atoms with Gasteiger partial charge < -0.3 is 0 Å². The molecule has 0 saturated carbocycles. The molecular weight excluding hydrogens is 470 g/mol. The SMILES string of the molecule is CC[C@@H](C)N([C@H]1CCS(=O)(=O)C1)S(=O)(=O)c1cc(Br)ccc1Br. The fourth-order valence-corrected chi connectivity index (χ4v) is 7.93. The molecule has 0 aliphatic carbocycles. The van der Waals surface area contributed by atoms with Gasteiger partial charge in [0.05, 0.1) is 16.4 Å². The van der Waals surface area contributed by atoms with Gasteiger partial charge in [-0.2, -0.15) is 4.31 Å². The Kier molecular flexibility index (Phi) is 5.99. The second kappa shape index (κ2) is 7.11. The molecule has 0 unspecified atom stereocenters. The molecule has 1 aromatic carbocycles. The van der Waals surface area contributed by atoms with Gasteiger partial charge in [0.1, 0.15) is 0 Å². The summed E-state index contributed by atoms with van der Waals surface area (Å²) in [7, 11) is -6.98. The molecular formula is C14H19Br2NO4S2. The molecule has 0 N–H and O–H groups in total. The van der Waals surface area contributed by atoms with Gasteiger partial charge in [0, 0.05) is 21.0 Å². The summed E-state index contributed by atoms with van der Waals surface area (Å²) in [5.41, 5.74) is 0. The van der Waals surface area contributed by atoms with E-state index in [-0.39, 0.29) is 22.4 Å². The predicted molar refractivity (Wildman–Crippen MR) is 97.7 cm³/mol. The lowest BCUT2D eigenvalue weighted by atomic mass is 10.2. The van der Waals surface area contributed by atoms with Crippen LogP contribution in [0.15, 0.2) is 32.0 Å². The third kappa shape index (κ3) is 4.18. The van der Waals surface area contributed by atoms with Gasteiger partial charge in [-0.3, -0.25) is 0 Å². The standard InChI is InChI=1S/C14H19Br2NO4S2/c1-3-10(2)17(12-6-7-22(18,19)9-12)23(20,21)14-8-11(15)4-5-13(14)16/h4-5,8,10,12H,3,6-7,9H2,1-2H3/t10-,12+/m1/s1. The van der Waals surface area contributed by atoms with Gasteiger partial charge in [0.25, 0.3) is 0 Å². The van der Waals surface area contributed by atoms with Crippen LogP contribution in [0.3, 0.4) is 0 Å². The number of benzene rings is 1. The molecule has 1 saturated heterocycles. The smallest absolute Gasteiger partial charge is 0.229 e. The van der Waals surface area contributed by atoms with Crippen LogP contribution in [-0.4, -0.2) is 44.7 Å². The zero-order chi connectivity index (χ0) is 17.4. The highest BCUT2D eigenvalue weighted by atomic mass is 79.9. The first kappa shape index (κ1) is 19.4. The van der Waals surface area contributed by atoms with Gasteiger partial charge in [-0.15, -0.1) is 0 Å². The van der Waals surface area contributed by atoms with E-state index < -0.39 is 25.9 Å². The van der Waals surface area contributed by atoms with Crippen LogP contribution in [0.4, 0.5) is 0 Å². The second-order valence-corrected chi connectivity index (χ2v) is 11.5. The Labute approximate surface area is 154 Å². The number of hydrogen-bond donors (Lipinski definition) is 0. The molecule has 0 amide bonds. The van der Waals surface area contributed by atoms with Gasteiger partial charge in [0.2, 0.25) is 10.0 Å². The van der Waals surface area contributed by atoms with Crippen LogP contribution in [0.5, 0.6) is 0 Å². The Bertz CT molecular complexity index is 793. The lowest BCUT2D eigenvalue weighted by Crippen LogP contribution is -2.46. The van der Waals surface area contributed by atoms with Crippen molar-refractivity contribution in [2.75, 3.05) is 11.5 Å².